The molecule has 184 valence electrons. The minimum atomic E-state index is -4.29. The minimum absolute atomic E-state index is 0.0581. The van der Waals surface area contributed by atoms with Gasteiger partial charge in [-0.25, -0.2) is 24.0 Å². The standard InChI is InChI=1S/C23H21F5N6O/c1-2-31-21(7-5-3-4-6-18-10-8-17(25)13-32-18)23(27,28)22(35,14-34(30)15-33-29)19-11-9-16(24)12-20(19)26/h2,5,7-13,15,35H,1,3,14,29-30H2/b7-5-,31-21+,33-15-. The van der Waals surface area contributed by atoms with Gasteiger partial charge in [0.2, 0.25) is 0 Å². The molecule has 0 aliphatic carbocycles. The molecule has 0 fully saturated rings. The summed E-state index contributed by atoms with van der Waals surface area (Å²) in [5, 5.41) is 14.7. The summed E-state index contributed by atoms with van der Waals surface area (Å²) in [5.41, 5.74) is -5.05. The minimum Gasteiger partial charge on any atom is -0.377 e. The van der Waals surface area contributed by atoms with Gasteiger partial charge in [0.15, 0.2) is 5.60 Å². The third kappa shape index (κ3) is 6.72. The Hall–Kier alpha value is -4.08. The number of pyridine rings is 1. The van der Waals surface area contributed by atoms with Crippen molar-refractivity contribution in [2.45, 2.75) is 17.9 Å². The summed E-state index contributed by atoms with van der Waals surface area (Å²) in [7, 11) is 0. The Kier molecular flexibility index (Phi) is 9.21. The predicted octanol–water partition coefficient (Wildman–Crippen LogP) is 2.98. The summed E-state index contributed by atoms with van der Waals surface area (Å²) in [6.45, 7) is 2.17. The first kappa shape index (κ1) is 27.2. The summed E-state index contributed by atoms with van der Waals surface area (Å²) in [4.78, 5) is 7.26. The maximum Gasteiger partial charge on any atom is 0.323 e. The first-order valence-electron chi connectivity index (χ1n) is 9.81. The second-order valence-corrected chi connectivity index (χ2v) is 6.96. The molecule has 5 N–H and O–H groups in total. The van der Waals surface area contributed by atoms with E-state index >= 15 is 8.78 Å². The fourth-order valence-electron chi connectivity index (χ4n) is 2.93. The number of hydrazine groups is 1. The first-order valence-corrected chi connectivity index (χ1v) is 9.81. The second kappa shape index (κ2) is 11.9. The van der Waals surface area contributed by atoms with Crippen LogP contribution in [0.5, 0.6) is 0 Å². The van der Waals surface area contributed by atoms with Crippen molar-refractivity contribution >= 4 is 12.1 Å². The average Bonchev–Trinajstić information content (AvgIpc) is 2.79. The lowest BCUT2D eigenvalue weighted by Crippen LogP contribution is -2.58. The molecular formula is C23H21F5N6O. The van der Waals surface area contributed by atoms with Gasteiger partial charge in [-0.15, -0.1) is 0 Å². The van der Waals surface area contributed by atoms with Crippen LogP contribution >= 0.6 is 0 Å². The van der Waals surface area contributed by atoms with Gasteiger partial charge in [-0.05, 0) is 36.3 Å². The summed E-state index contributed by atoms with van der Waals surface area (Å²) in [5.74, 6) is 8.46. The lowest BCUT2D eigenvalue weighted by Gasteiger charge is -2.38. The number of benzene rings is 1. The Bertz CT molecular complexity index is 1190. The van der Waals surface area contributed by atoms with Crippen molar-refractivity contribution in [3.63, 3.8) is 0 Å². The van der Waals surface area contributed by atoms with E-state index in [0.29, 0.717) is 23.2 Å². The van der Waals surface area contributed by atoms with Crippen LogP contribution in [0.4, 0.5) is 22.0 Å². The normalized spacial score (nSPS) is 14.0. The lowest BCUT2D eigenvalue weighted by atomic mass is 9.83. The van der Waals surface area contributed by atoms with Crippen LogP contribution in [-0.2, 0) is 5.60 Å². The largest absolute Gasteiger partial charge is 0.377 e. The molecule has 35 heavy (non-hydrogen) atoms. The number of halogens is 5. The molecule has 0 saturated heterocycles. The highest BCUT2D eigenvalue weighted by Crippen LogP contribution is 2.41. The van der Waals surface area contributed by atoms with Crippen LogP contribution in [0.25, 0.3) is 0 Å². The molecule has 0 aliphatic rings. The number of hydrazone groups is 1. The fourth-order valence-corrected chi connectivity index (χ4v) is 2.93. The molecule has 7 nitrogen and oxygen atoms in total. The van der Waals surface area contributed by atoms with Crippen LogP contribution in [0, 0.1) is 29.3 Å². The molecule has 0 amide bonds. The number of aliphatic hydroxyl groups is 1. The van der Waals surface area contributed by atoms with Crippen LogP contribution in [0.2, 0.25) is 0 Å². The highest BCUT2D eigenvalue weighted by molar-refractivity contribution is 6.02. The van der Waals surface area contributed by atoms with Gasteiger partial charge in [0.05, 0.1) is 12.7 Å². The van der Waals surface area contributed by atoms with Gasteiger partial charge in [-0.1, -0.05) is 18.6 Å². The van der Waals surface area contributed by atoms with Crippen molar-refractivity contribution in [1.29, 1.82) is 0 Å². The van der Waals surface area contributed by atoms with Crippen LogP contribution < -0.4 is 11.7 Å². The number of alkyl halides is 2. The zero-order valence-corrected chi connectivity index (χ0v) is 18.2. The molecule has 2 rings (SSSR count). The van der Waals surface area contributed by atoms with Gasteiger partial charge in [-0.3, -0.25) is 10.0 Å². The van der Waals surface area contributed by atoms with Crippen molar-refractivity contribution in [3.8, 4) is 11.8 Å². The first-order chi connectivity index (χ1) is 16.5. The van der Waals surface area contributed by atoms with Gasteiger partial charge in [0, 0.05) is 24.3 Å². The van der Waals surface area contributed by atoms with Crippen LogP contribution in [0.3, 0.4) is 0 Å². The topological polar surface area (TPSA) is 113 Å². The molecule has 1 heterocycles. The van der Waals surface area contributed by atoms with Crippen molar-refractivity contribution in [2.24, 2.45) is 21.8 Å². The van der Waals surface area contributed by atoms with E-state index in [1.165, 1.54) is 12.1 Å². The van der Waals surface area contributed by atoms with E-state index in [2.05, 4.69) is 33.5 Å². The molecule has 1 aromatic carbocycles. The van der Waals surface area contributed by atoms with Crippen LogP contribution in [-0.4, -0.2) is 39.6 Å². The number of hydrogen-bond acceptors (Lipinski definition) is 6. The molecule has 12 heteroatoms. The summed E-state index contributed by atoms with van der Waals surface area (Å²) in [6, 6.07) is 4.21. The fraction of sp³-hybridized carbons (Fsp3) is 0.174. The number of aromatic nitrogens is 1. The monoisotopic (exact) mass is 492 g/mol. The van der Waals surface area contributed by atoms with Crippen molar-refractivity contribution in [2.75, 3.05) is 6.54 Å². The highest BCUT2D eigenvalue weighted by atomic mass is 19.3. The summed E-state index contributed by atoms with van der Waals surface area (Å²) < 4.78 is 72.3. The maximum absolute atomic E-state index is 15.7. The Labute approximate surface area is 197 Å². The number of hydrogen-bond donors (Lipinski definition) is 3. The molecule has 0 bridgehead atoms. The number of aliphatic imine (C=N–C) groups is 1. The SMILES string of the molecule is C=C/N=C(\C=C/CC#Cc1ccc(F)cn1)C(F)(F)C(O)(CN(N)/C=N\N)c1ccc(F)cc1F. The Morgan fingerprint density at radius 3 is 2.51 bits per heavy atom. The van der Waals surface area contributed by atoms with Crippen molar-refractivity contribution in [1.82, 2.24) is 9.99 Å². The van der Waals surface area contributed by atoms with Gasteiger partial charge in [-0.2, -0.15) is 13.9 Å². The zero-order valence-electron chi connectivity index (χ0n) is 18.2. The maximum atomic E-state index is 15.7. The van der Waals surface area contributed by atoms with Gasteiger partial charge >= 0.3 is 5.92 Å². The Morgan fingerprint density at radius 1 is 1.20 bits per heavy atom. The van der Waals surface area contributed by atoms with Crippen molar-refractivity contribution < 1.29 is 27.1 Å². The van der Waals surface area contributed by atoms with Crippen molar-refractivity contribution in [3.05, 3.63) is 90.2 Å². The van der Waals surface area contributed by atoms with E-state index in [0.717, 1.165) is 30.9 Å². The summed E-state index contributed by atoms with van der Waals surface area (Å²) in [6.07, 6.45) is 4.50. The zero-order chi connectivity index (χ0) is 26.1. The molecule has 0 radical (unpaired) electrons. The Morgan fingerprint density at radius 2 is 1.91 bits per heavy atom. The van der Waals surface area contributed by atoms with E-state index < -0.39 is 46.8 Å². The predicted molar refractivity (Wildman–Crippen MR) is 121 cm³/mol. The molecule has 0 saturated carbocycles. The average molecular weight is 492 g/mol. The molecule has 1 atom stereocenters. The van der Waals surface area contributed by atoms with E-state index in [1.54, 1.807) is 0 Å². The van der Waals surface area contributed by atoms with E-state index in [1.807, 2.05) is 0 Å². The Balaban J connectivity index is 2.43. The van der Waals surface area contributed by atoms with Gasteiger partial charge in [0.25, 0.3) is 0 Å². The quantitative estimate of drug-likeness (QED) is 0.124. The molecule has 0 aliphatic heterocycles. The van der Waals surface area contributed by atoms with Crippen LogP contribution in [0.1, 0.15) is 17.7 Å². The number of nitrogens with zero attached hydrogens (tertiary/aromatic N) is 4. The third-order valence-electron chi connectivity index (χ3n) is 4.51. The molecule has 0 spiro atoms. The number of nitrogens with two attached hydrogens (primary N) is 2. The van der Waals surface area contributed by atoms with Crippen LogP contribution in [0.15, 0.2) is 71.6 Å². The van der Waals surface area contributed by atoms with E-state index in [4.69, 9.17) is 11.7 Å². The highest BCUT2D eigenvalue weighted by Gasteiger charge is 2.58. The smallest absolute Gasteiger partial charge is 0.323 e. The molecule has 1 aromatic heterocycles. The second-order valence-electron chi connectivity index (χ2n) is 6.96. The molecule has 2 aromatic rings. The van der Waals surface area contributed by atoms with Gasteiger partial charge in [0.1, 0.15) is 35.2 Å². The molecule has 1 unspecified atom stereocenters. The third-order valence-corrected chi connectivity index (χ3v) is 4.51. The van der Waals surface area contributed by atoms with E-state index in [-0.39, 0.29) is 12.1 Å². The summed E-state index contributed by atoms with van der Waals surface area (Å²) >= 11 is 0. The number of allylic oxidation sites excluding steroid dienone is 2. The number of rotatable bonds is 9. The van der Waals surface area contributed by atoms with Gasteiger partial charge < -0.3 is 10.9 Å². The van der Waals surface area contributed by atoms with E-state index in [9.17, 15) is 18.3 Å². The molecular weight excluding hydrogens is 471 g/mol. The lowest BCUT2D eigenvalue weighted by molar-refractivity contribution is -0.150.